The van der Waals surface area contributed by atoms with Gasteiger partial charge in [-0.3, -0.25) is 0 Å². The SMILES string of the molecule is CCCC[N+](C)(CCCC)CCCC.N.N. The average molecular weight is 234 g/mol. The van der Waals surface area contributed by atoms with E-state index in [4.69, 9.17) is 0 Å². The van der Waals surface area contributed by atoms with Gasteiger partial charge in [-0.15, -0.1) is 0 Å². The zero-order chi connectivity index (χ0) is 10.9. The zero-order valence-electron chi connectivity index (χ0n) is 12.2. The average Bonchev–Trinajstić information content (AvgIpc) is 2.21. The topological polar surface area (TPSA) is 70.0 Å². The Bertz CT molecular complexity index is 105. The van der Waals surface area contributed by atoms with Gasteiger partial charge >= 0.3 is 0 Å². The molecule has 0 aliphatic carbocycles. The fourth-order valence-corrected chi connectivity index (χ4v) is 1.95. The molecule has 102 valence electrons. The van der Waals surface area contributed by atoms with E-state index in [1.54, 1.807) is 0 Å². The molecular formula is C13H36N3+. The lowest BCUT2D eigenvalue weighted by molar-refractivity contribution is -0.910. The molecule has 0 radical (unpaired) electrons. The van der Waals surface area contributed by atoms with Crippen LogP contribution in [0.5, 0.6) is 0 Å². The molecule has 0 aliphatic rings. The number of hydrogen-bond acceptors (Lipinski definition) is 2. The van der Waals surface area contributed by atoms with Crippen LogP contribution in [0, 0.1) is 0 Å². The molecule has 0 aromatic rings. The van der Waals surface area contributed by atoms with Crippen molar-refractivity contribution in [2.24, 2.45) is 0 Å². The molecule has 0 fully saturated rings. The molecule has 0 saturated heterocycles. The van der Waals surface area contributed by atoms with Crippen LogP contribution in [0.3, 0.4) is 0 Å². The standard InChI is InChI=1S/C13H30N.2H3N/c1-5-8-11-14(4,12-9-6-2)13-10-7-3;;/h5-13H2,1-4H3;2*1H3/q+1;;. The van der Waals surface area contributed by atoms with Gasteiger partial charge in [-0.25, -0.2) is 0 Å². The summed E-state index contributed by atoms with van der Waals surface area (Å²) < 4.78 is 1.32. The summed E-state index contributed by atoms with van der Waals surface area (Å²) in [5.41, 5.74) is 0. The van der Waals surface area contributed by atoms with Gasteiger partial charge < -0.3 is 16.8 Å². The van der Waals surface area contributed by atoms with E-state index >= 15 is 0 Å². The van der Waals surface area contributed by atoms with Gasteiger partial charge in [0.2, 0.25) is 0 Å². The molecule has 0 saturated carbocycles. The second kappa shape index (κ2) is 12.9. The van der Waals surface area contributed by atoms with Crippen molar-refractivity contribution < 1.29 is 4.48 Å². The molecule has 0 bridgehead atoms. The normalized spacial score (nSPS) is 10.5. The molecule has 0 unspecified atom stereocenters. The molecule has 0 heterocycles. The highest BCUT2D eigenvalue weighted by Gasteiger charge is 2.18. The summed E-state index contributed by atoms with van der Waals surface area (Å²) >= 11 is 0. The van der Waals surface area contributed by atoms with Crippen molar-refractivity contribution in [2.45, 2.75) is 59.3 Å². The van der Waals surface area contributed by atoms with E-state index < -0.39 is 0 Å². The van der Waals surface area contributed by atoms with Crippen LogP contribution in [0.2, 0.25) is 0 Å². The Morgan fingerprint density at radius 2 is 0.875 bits per heavy atom. The molecule has 0 aromatic heterocycles. The van der Waals surface area contributed by atoms with E-state index in [2.05, 4.69) is 27.8 Å². The zero-order valence-corrected chi connectivity index (χ0v) is 12.2. The first-order chi connectivity index (χ1) is 6.68. The van der Waals surface area contributed by atoms with Gasteiger partial charge in [0.1, 0.15) is 0 Å². The largest absolute Gasteiger partial charge is 0.344 e. The highest BCUT2D eigenvalue weighted by atomic mass is 15.3. The maximum absolute atomic E-state index is 2.45. The first kappa shape index (κ1) is 21.2. The Hall–Kier alpha value is -0.120. The second-order valence-electron chi connectivity index (χ2n) is 4.85. The van der Waals surface area contributed by atoms with Crippen LogP contribution >= 0.6 is 0 Å². The van der Waals surface area contributed by atoms with Crippen LogP contribution in [-0.2, 0) is 0 Å². The summed E-state index contributed by atoms with van der Waals surface area (Å²) in [4.78, 5) is 0. The molecule has 0 aliphatic heterocycles. The van der Waals surface area contributed by atoms with Gasteiger partial charge in [-0.1, -0.05) is 40.0 Å². The van der Waals surface area contributed by atoms with E-state index in [-0.39, 0.29) is 12.3 Å². The fraction of sp³-hybridized carbons (Fsp3) is 1.00. The van der Waals surface area contributed by atoms with Crippen LogP contribution < -0.4 is 12.3 Å². The number of hydrogen-bond donors (Lipinski definition) is 2. The van der Waals surface area contributed by atoms with Crippen LogP contribution in [0.1, 0.15) is 59.3 Å². The van der Waals surface area contributed by atoms with Gasteiger partial charge in [0.25, 0.3) is 0 Å². The highest BCUT2D eigenvalue weighted by molar-refractivity contribution is 4.43. The fourth-order valence-electron chi connectivity index (χ4n) is 1.95. The van der Waals surface area contributed by atoms with Gasteiger partial charge in [0.15, 0.2) is 0 Å². The molecule has 0 atom stereocenters. The maximum atomic E-state index is 2.45. The van der Waals surface area contributed by atoms with Crippen molar-refractivity contribution >= 4 is 0 Å². The lowest BCUT2D eigenvalue weighted by Gasteiger charge is -2.34. The van der Waals surface area contributed by atoms with Crippen LogP contribution in [0.25, 0.3) is 0 Å². The minimum atomic E-state index is 0. The lowest BCUT2D eigenvalue weighted by Crippen LogP contribution is -2.46. The maximum Gasteiger partial charge on any atom is 0.0784 e. The summed E-state index contributed by atoms with van der Waals surface area (Å²) in [5.74, 6) is 0. The van der Waals surface area contributed by atoms with Crippen molar-refractivity contribution in [3.05, 3.63) is 0 Å². The molecule has 6 N–H and O–H groups in total. The molecule has 16 heavy (non-hydrogen) atoms. The third-order valence-electron chi connectivity index (χ3n) is 3.15. The Morgan fingerprint density at radius 1 is 0.625 bits per heavy atom. The van der Waals surface area contributed by atoms with E-state index in [0.717, 1.165) is 0 Å². The van der Waals surface area contributed by atoms with Gasteiger partial charge in [-0.2, -0.15) is 0 Å². The lowest BCUT2D eigenvalue weighted by atomic mass is 10.2. The van der Waals surface area contributed by atoms with Gasteiger partial charge in [-0.05, 0) is 19.3 Å². The van der Waals surface area contributed by atoms with Crippen molar-refractivity contribution in [3.8, 4) is 0 Å². The van der Waals surface area contributed by atoms with Crippen LogP contribution in [0.4, 0.5) is 0 Å². The van der Waals surface area contributed by atoms with Gasteiger partial charge in [0.05, 0.1) is 26.7 Å². The summed E-state index contributed by atoms with van der Waals surface area (Å²) in [7, 11) is 2.45. The van der Waals surface area contributed by atoms with E-state index in [0.29, 0.717) is 0 Å². The first-order valence-electron chi connectivity index (χ1n) is 6.52. The van der Waals surface area contributed by atoms with Crippen molar-refractivity contribution in [1.29, 1.82) is 0 Å². The Labute approximate surface area is 103 Å². The van der Waals surface area contributed by atoms with Crippen LogP contribution in [-0.4, -0.2) is 31.2 Å². The molecule has 0 spiro atoms. The third-order valence-corrected chi connectivity index (χ3v) is 3.15. The number of quaternary nitrogens is 1. The van der Waals surface area contributed by atoms with Gasteiger partial charge in [0, 0.05) is 0 Å². The molecule has 0 aromatic carbocycles. The van der Waals surface area contributed by atoms with E-state index in [1.165, 1.54) is 62.6 Å². The monoisotopic (exact) mass is 234 g/mol. The number of nitrogens with zero attached hydrogens (tertiary/aromatic N) is 1. The Morgan fingerprint density at radius 3 is 1.06 bits per heavy atom. The molecule has 3 heteroatoms. The minimum absolute atomic E-state index is 0. The Balaban J connectivity index is -0.000000845. The predicted molar refractivity (Wildman–Crippen MR) is 75.6 cm³/mol. The summed E-state index contributed by atoms with van der Waals surface area (Å²) in [6, 6.07) is 0. The second-order valence-corrected chi connectivity index (χ2v) is 4.85. The van der Waals surface area contributed by atoms with Crippen molar-refractivity contribution in [3.63, 3.8) is 0 Å². The van der Waals surface area contributed by atoms with E-state index in [9.17, 15) is 0 Å². The van der Waals surface area contributed by atoms with Crippen molar-refractivity contribution in [1.82, 2.24) is 12.3 Å². The quantitative estimate of drug-likeness (QED) is 0.588. The smallest absolute Gasteiger partial charge is 0.0784 e. The molecular weight excluding hydrogens is 198 g/mol. The molecule has 3 nitrogen and oxygen atoms in total. The predicted octanol–water partition coefficient (Wildman–Crippen LogP) is 4.16. The van der Waals surface area contributed by atoms with E-state index in [1.807, 2.05) is 0 Å². The summed E-state index contributed by atoms with van der Waals surface area (Å²) in [5, 5.41) is 0. The number of unbranched alkanes of at least 4 members (excludes halogenated alkanes) is 3. The molecule has 0 rings (SSSR count). The number of rotatable bonds is 9. The summed E-state index contributed by atoms with van der Waals surface area (Å²) in [6.07, 6.45) is 8.20. The molecule has 0 amide bonds. The Kier molecular flexibility index (Phi) is 17.2. The highest BCUT2D eigenvalue weighted by Crippen LogP contribution is 2.10. The van der Waals surface area contributed by atoms with Crippen molar-refractivity contribution in [2.75, 3.05) is 26.7 Å². The first-order valence-corrected chi connectivity index (χ1v) is 6.52. The third kappa shape index (κ3) is 10.4. The van der Waals surface area contributed by atoms with Crippen LogP contribution in [0.15, 0.2) is 0 Å². The summed E-state index contributed by atoms with van der Waals surface area (Å²) in [6.45, 7) is 11.0. The minimum Gasteiger partial charge on any atom is -0.344 e.